The first-order valence-electron chi connectivity index (χ1n) is 6.82. The molecule has 1 aliphatic rings. The lowest BCUT2D eigenvalue weighted by atomic mass is 10.3. The third kappa shape index (κ3) is 3.91. The molecule has 0 amide bonds. The molecule has 18 heavy (non-hydrogen) atoms. The summed E-state index contributed by atoms with van der Waals surface area (Å²) < 4.78 is 33.7. The van der Waals surface area contributed by atoms with Gasteiger partial charge in [-0.25, -0.2) is 0 Å². The Kier molecular flexibility index (Phi) is 6.04. The van der Waals surface area contributed by atoms with Crippen LogP contribution in [-0.4, -0.2) is 55.4 Å². The van der Waals surface area contributed by atoms with Gasteiger partial charge in [0, 0.05) is 26.2 Å². The van der Waals surface area contributed by atoms with Crippen LogP contribution in [0.25, 0.3) is 0 Å². The van der Waals surface area contributed by atoms with Crippen LogP contribution < -0.4 is 0 Å². The summed E-state index contributed by atoms with van der Waals surface area (Å²) in [5, 5.41) is 0. The van der Waals surface area contributed by atoms with Crippen LogP contribution in [0.3, 0.4) is 0 Å². The maximum atomic E-state index is 12.5. The molecule has 5 nitrogen and oxygen atoms in total. The third-order valence-corrected chi connectivity index (χ3v) is 5.20. The van der Waals surface area contributed by atoms with Crippen molar-refractivity contribution < 1.29 is 13.2 Å². The summed E-state index contributed by atoms with van der Waals surface area (Å²) in [6, 6.07) is 0. The average Bonchev–Trinajstić information content (AvgIpc) is 2.28. The number of nitrogens with zero attached hydrogens (tertiary/aromatic N) is 2. The first-order chi connectivity index (χ1) is 8.41. The first-order valence-corrected chi connectivity index (χ1v) is 8.22. The molecule has 6 heteroatoms. The molecular formula is C12H26N2O3S. The molecule has 1 aliphatic heterocycles. The highest BCUT2D eigenvalue weighted by molar-refractivity contribution is 7.86. The molecule has 0 bridgehead atoms. The standard InChI is InChI=1S/C12H26N2O3S/c1-5-7-8-13(6-2)18(15,16)14-9-11(3)17-12(4)10-14/h11-12H,5-10H2,1-4H3. The molecule has 0 aromatic heterocycles. The van der Waals surface area contributed by atoms with Gasteiger partial charge in [0.1, 0.15) is 0 Å². The summed E-state index contributed by atoms with van der Waals surface area (Å²) in [5.41, 5.74) is 0. The molecular weight excluding hydrogens is 252 g/mol. The van der Waals surface area contributed by atoms with Gasteiger partial charge in [-0.15, -0.1) is 0 Å². The molecule has 0 aromatic rings. The molecule has 0 spiro atoms. The normalized spacial score (nSPS) is 26.7. The smallest absolute Gasteiger partial charge is 0.282 e. The van der Waals surface area contributed by atoms with E-state index >= 15 is 0 Å². The molecule has 0 aromatic carbocycles. The second-order valence-corrected chi connectivity index (χ2v) is 6.86. The van der Waals surface area contributed by atoms with E-state index in [9.17, 15) is 8.42 Å². The van der Waals surface area contributed by atoms with Crippen molar-refractivity contribution in [2.24, 2.45) is 0 Å². The lowest BCUT2D eigenvalue weighted by Crippen LogP contribution is -2.53. The Balaban J connectivity index is 2.76. The molecule has 0 radical (unpaired) electrons. The number of morpholine rings is 1. The van der Waals surface area contributed by atoms with Crippen LogP contribution in [-0.2, 0) is 14.9 Å². The van der Waals surface area contributed by atoms with Crippen molar-refractivity contribution in [3.05, 3.63) is 0 Å². The average molecular weight is 278 g/mol. The highest BCUT2D eigenvalue weighted by Gasteiger charge is 2.34. The molecule has 0 saturated carbocycles. The van der Waals surface area contributed by atoms with Crippen LogP contribution in [0.1, 0.15) is 40.5 Å². The van der Waals surface area contributed by atoms with Gasteiger partial charge in [0.15, 0.2) is 0 Å². The van der Waals surface area contributed by atoms with Crippen LogP contribution in [0.2, 0.25) is 0 Å². The van der Waals surface area contributed by atoms with Crippen molar-refractivity contribution in [3.8, 4) is 0 Å². The minimum absolute atomic E-state index is 0.0339. The van der Waals surface area contributed by atoms with Crippen molar-refractivity contribution in [2.75, 3.05) is 26.2 Å². The molecule has 108 valence electrons. The van der Waals surface area contributed by atoms with Gasteiger partial charge in [-0.05, 0) is 20.3 Å². The van der Waals surface area contributed by atoms with E-state index in [0.717, 1.165) is 12.8 Å². The van der Waals surface area contributed by atoms with Crippen molar-refractivity contribution >= 4 is 10.2 Å². The van der Waals surface area contributed by atoms with Gasteiger partial charge in [0.05, 0.1) is 12.2 Å². The van der Waals surface area contributed by atoms with Gasteiger partial charge in [0.25, 0.3) is 10.2 Å². The van der Waals surface area contributed by atoms with Crippen molar-refractivity contribution in [1.82, 2.24) is 8.61 Å². The fourth-order valence-corrected chi connectivity index (χ4v) is 4.06. The predicted molar refractivity (Wildman–Crippen MR) is 72.7 cm³/mol. The maximum absolute atomic E-state index is 12.5. The Hall–Kier alpha value is -0.170. The third-order valence-electron chi connectivity index (χ3n) is 3.15. The quantitative estimate of drug-likeness (QED) is 0.739. The number of hydrogen-bond acceptors (Lipinski definition) is 3. The Morgan fingerprint density at radius 1 is 1.22 bits per heavy atom. The van der Waals surface area contributed by atoms with E-state index in [4.69, 9.17) is 4.74 Å². The maximum Gasteiger partial charge on any atom is 0.282 e. The Morgan fingerprint density at radius 2 is 1.78 bits per heavy atom. The van der Waals surface area contributed by atoms with Gasteiger partial charge in [-0.3, -0.25) is 0 Å². The van der Waals surface area contributed by atoms with Gasteiger partial charge in [-0.2, -0.15) is 17.0 Å². The SMILES string of the molecule is CCCCN(CC)S(=O)(=O)N1CC(C)OC(C)C1. The van der Waals surface area contributed by atoms with Crippen LogP contribution >= 0.6 is 0 Å². The lowest BCUT2D eigenvalue weighted by molar-refractivity contribution is -0.0454. The van der Waals surface area contributed by atoms with Gasteiger partial charge >= 0.3 is 0 Å². The van der Waals surface area contributed by atoms with Crippen LogP contribution in [0.15, 0.2) is 0 Å². The molecule has 1 saturated heterocycles. The highest BCUT2D eigenvalue weighted by atomic mass is 32.2. The molecule has 1 heterocycles. The molecule has 2 atom stereocenters. The minimum atomic E-state index is -3.33. The fraction of sp³-hybridized carbons (Fsp3) is 1.00. The summed E-state index contributed by atoms with van der Waals surface area (Å²) in [6.07, 6.45) is 1.84. The van der Waals surface area contributed by atoms with Gasteiger partial charge < -0.3 is 4.74 Å². The van der Waals surface area contributed by atoms with E-state index in [1.54, 1.807) is 8.61 Å². The van der Waals surface area contributed by atoms with Crippen molar-refractivity contribution in [1.29, 1.82) is 0 Å². The summed E-state index contributed by atoms with van der Waals surface area (Å²) >= 11 is 0. The minimum Gasteiger partial charge on any atom is -0.373 e. The second kappa shape index (κ2) is 6.84. The molecule has 1 rings (SSSR count). The van der Waals surface area contributed by atoms with Crippen molar-refractivity contribution in [3.63, 3.8) is 0 Å². The Morgan fingerprint density at radius 3 is 2.22 bits per heavy atom. The van der Waals surface area contributed by atoms with Crippen LogP contribution in [0.5, 0.6) is 0 Å². The van der Waals surface area contributed by atoms with E-state index in [1.165, 1.54) is 0 Å². The predicted octanol–water partition coefficient (Wildman–Crippen LogP) is 1.46. The summed E-state index contributed by atoms with van der Waals surface area (Å²) in [4.78, 5) is 0. The van der Waals surface area contributed by atoms with Crippen LogP contribution in [0.4, 0.5) is 0 Å². The van der Waals surface area contributed by atoms with E-state index in [0.29, 0.717) is 26.2 Å². The summed E-state index contributed by atoms with van der Waals surface area (Å²) in [7, 11) is -3.33. The number of unbranched alkanes of at least 4 members (excludes halogenated alkanes) is 1. The van der Waals surface area contributed by atoms with Gasteiger partial charge in [-0.1, -0.05) is 20.3 Å². The topological polar surface area (TPSA) is 49.9 Å². The first kappa shape index (κ1) is 15.9. The number of ether oxygens (including phenoxy) is 1. The van der Waals surface area contributed by atoms with E-state index in [1.807, 2.05) is 20.8 Å². The zero-order valence-electron chi connectivity index (χ0n) is 11.9. The summed E-state index contributed by atoms with van der Waals surface area (Å²) in [6.45, 7) is 9.84. The number of rotatable bonds is 6. The largest absolute Gasteiger partial charge is 0.373 e. The zero-order valence-corrected chi connectivity index (χ0v) is 12.7. The summed E-state index contributed by atoms with van der Waals surface area (Å²) in [5.74, 6) is 0. The Bertz CT molecular complexity index is 335. The lowest BCUT2D eigenvalue weighted by Gasteiger charge is -2.37. The van der Waals surface area contributed by atoms with E-state index in [2.05, 4.69) is 6.92 Å². The molecule has 0 aliphatic carbocycles. The highest BCUT2D eigenvalue weighted by Crippen LogP contribution is 2.17. The van der Waals surface area contributed by atoms with Crippen molar-refractivity contribution in [2.45, 2.75) is 52.7 Å². The monoisotopic (exact) mass is 278 g/mol. The van der Waals surface area contributed by atoms with Crippen LogP contribution in [0, 0.1) is 0 Å². The van der Waals surface area contributed by atoms with Gasteiger partial charge in [0.2, 0.25) is 0 Å². The zero-order chi connectivity index (χ0) is 13.8. The van der Waals surface area contributed by atoms with E-state index in [-0.39, 0.29) is 12.2 Å². The molecule has 2 unspecified atom stereocenters. The number of hydrogen-bond donors (Lipinski definition) is 0. The van der Waals surface area contributed by atoms with E-state index < -0.39 is 10.2 Å². The molecule has 1 fully saturated rings. The Labute approximate surface area is 111 Å². The second-order valence-electron chi connectivity index (χ2n) is 4.93. The molecule has 0 N–H and O–H groups in total. The fourth-order valence-electron chi connectivity index (χ4n) is 2.25.